The van der Waals surface area contributed by atoms with Crippen LogP contribution in [0.3, 0.4) is 0 Å². The van der Waals surface area contributed by atoms with Gasteiger partial charge in [-0.25, -0.2) is 0 Å². The highest BCUT2D eigenvalue weighted by Crippen LogP contribution is 2.69. The van der Waals surface area contributed by atoms with Crippen molar-refractivity contribution in [3.8, 4) is 5.75 Å². The Labute approximate surface area is 180 Å². The summed E-state index contributed by atoms with van der Waals surface area (Å²) in [6.45, 7) is 5.79. The summed E-state index contributed by atoms with van der Waals surface area (Å²) in [6.07, 6.45) is 11.2. The molecular formula is C26H34N2O2. The van der Waals surface area contributed by atoms with Gasteiger partial charge in [0.25, 0.3) is 0 Å². The van der Waals surface area contributed by atoms with Gasteiger partial charge in [-0.1, -0.05) is 26.0 Å². The highest BCUT2D eigenvalue weighted by atomic mass is 16.5. The van der Waals surface area contributed by atoms with Gasteiger partial charge < -0.3 is 15.2 Å². The maximum absolute atomic E-state index is 10.2. The van der Waals surface area contributed by atoms with Crippen molar-refractivity contribution in [3.63, 3.8) is 0 Å². The molecule has 1 heterocycles. The summed E-state index contributed by atoms with van der Waals surface area (Å²) in [4.78, 5) is 3.99. The van der Waals surface area contributed by atoms with Crippen molar-refractivity contribution in [3.05, 3.63) is 54.4 Å². The van der Waals surface area contributed by atoms with Gasteiger partial charge in [0.2, 0.25) is 0 Å². The van der Waals surface area contributed by atoms with Gasteiger partial charge in [-0.05, 0) is 90.5 Å². The van der Waals surface area contributed by atoms with Crippen LogP contribution in [-0.2, 0) is 5.41 Å². The zero-order valence-electron chi connectivity index (χ0n) is 18.2. The van der Waals surface area contributed by atoms with Crippen LogP contribution in [0.1, 0.15) is 57.9 Å². The lowest BCUT2D eigenvalue weighted by molar-refractivity contribution is -0.110. The molecule has 1 aromatic carbocycles. The van der Waals surface area contributed by atoms with Crippen LogP contribution in [0.5, 0.6) is 5.75 Å². The molecule has 3 unspecified atom stereocenters. The second-order valence-electron chi connectivity index (χ2n) is 11.0. The second kappa shape index (κ2) is 7.26. The summed E-state index contributed by atoms with van der Waals surface area (Å²) in [5, 5.41) is 13.4. The maximum Gasteiger partial charge on any atom is 0.119 e. The first kappa shape index (κ1) is 19.9. The first-order chi connectivity index (χ1) is 14.4. The van der Waals surface area contributed by atoms with E-state index in [1.807, 2.05) is 12.1 Å². The molecule has 4 saturated carbocycles. The average Bonchev–Trinajstić information content (AvgIpc) is 2.69. The minimum absolute atomic E-state index is 0.279. The SMILES string of the molecule is C[C@]12CC3CC(c4ccc(OCC(O)CNc5ccncc5)cc4)(C1)C[C@@](C)(C3)C2. The number of aliphatic hydroxyl groups excluding tert-OH is 1. The van der Waals surface area contributed by atoms with Crippen molar-refractivity contribution in [2.75, 3.05) is 18.5 Å². The van der Waals surface area contributed by atoms with E-state index in [9.17, 15) is 5.11 Å². The van der Waals surface area contributed by atoms with Gasteiger partial charge in [-0.3, -0.25) is 4.98 Å². The monoisotopic (exact) mass is 406 g/mol. The Kier molecular flexibility index (Phi) is 4.81. The molecule has 160 valence electrons. The Morgan fingerprint density at radius 3 is 2.30 bits per heavy atom. The summed E-state index contributed by atoms with van der Waals surface area (Å²) in [5.74, 6) is 1.74. The van der Waals surface area contributed by atoms with Gasteiger partial charge in [-0.2, -0.15) is 0 Å². The summed E-state index contributed by atoms with van der Waals surface area (Å²) < 4.78 is 5.87. The van der Waals surface area contributed by atoms with Crippen LogP contribution < -0.4 is 10.1 Å². The lowest BCUT2D eigenvalue weighted by Gasteiger charge is -2.65. The molecule has 0 spiro atoms. The molecule has 4 aliphatic carbocycles. The third kappa shape index (κ3) is 3.82. The van der Waals surface area contributed by atoms with Gasteiger partial charge in [0.1, 0.15) is 18.5 Å². The maximum atomic E-state index is 10.2. The number of nitrogens with zero attached hydrogens (tertiary/aromatic N) is 1. The lowest BCUT2D eigenvalue weighted by atomic mass is 9.39. The van der Waals surface area contributed by atoms with E-state index in [-0.39, 0.29) is 6.61 Å². The van der Waals surface area contributed by atoms with Crippen molar-refractivity contribution in [2.24, 2.45) is 16.7 Å². The van der Waals surface area contributed by atoms with Crippen LogP contribution >= 0.6 is 0 Å². The topological polar surface area (TPSA) is 54.4 Å². The number of pyridine rings is 1. The predicted octanol–water partition coefficient (Wildman–Crippen LogP) is 5.18. The van der Waals surface area contributed by atoms with E-state index in [4.69, 9.17) is 4.74 Å². The standard InChI is InChI=1S/C26H34N2O2/c1-24-11-19-12-25(2,16-24)18-26(13-19,17-24)20-3-5-23(6-4-20)30-15-22(29)14-28-21-7-9-27-10-8-21/h3-10,19,22,29H,11-18H2,1-2H3,(H,27,28)/t19?,22?,24-,25+,26?. The number of rotatable bonds is 7. The number of hydrogen-bond donors (Lipinski definition) is 2. The molecule has 1 aromatic heterocycles. The molecule has 4 nitrogen and oxygen atoms in total. The molecule has 0 radical (unpaired) electrons. The van der Waals surface area contributed by atoms with Gasteiger partial charge in [0, 0.05) is 24.6 Å². The molecule has 4 fully saturated rings. The number of hydrogen-bond acceptors (Lipinski definition) is 4. The number of anilines is 1. The number of benzene rings is 1. The second-order valence-corrected chi connectivity index (χ2v) is 11.0. The largest absolute Gasteiger partial charge is 0.491 e. The van der Waals surface area contributed by atoms with Crippen molar-refractivity contribution in [1.82, 2.24) is 4.98 Å². The molecule has 4 aliphatic rings. The zero-order valence-corrected chi connectivity index (χ0v) is 18.2. The molecule has 5 atom stereocenters. The summed E-state index contributed by atoms with van der Waals surface area (Å²) in [6, 6.07) is 12.5. The van der Waals surface area contributed by atoms with E-state index < -0.39 is 6.10 Å². The van der Waals surface area contributed by atoms with E-state index >= 15 is 0 Å². The van der Waals surface area contributed by atoms with Gasteiger partial charge in [0.15, 0.2) is 0 Å². The van der Waals surface area contributed by atoms with Crippen molar-refractivity contribution in [2.45, 2.75) is 63.9 Å². The van der Waals surface area contributed by atoms with Crippen LogP contribution in [0.2, 0.25) is 0 Å². The van der Waals surface area contributed by atoms with Crippen LogP contribution in [0.15, 0.2) is 48.8 Å². The van der Waals surface area contributed by atoms with E-state index in [1.54, 1.807) is 12.4 Å². The van der Waals surface area contributed by atoms with Gasteiger partial charge in [-0.15, -0.1) is 0 Å². The molecule has 2 aromatic rings. The molecular weight excluding hydrogens is 372 g/mol. The normalized spacial score (nSPS) is 35.2. The molecule has 2 N–H and O–H groups in total. The molecule has 0 amide bonds. The minimum Gasteiger partial charge on any atom is -0.491 e. The third-order valence-corrected chi connectivity index (χ3v) is 7.76. The van der Waals surface area contributed by atoms with E-state index in [0.717, 1.165) is 17.4 Å². The molecule has 4 bridgehead atoms. The van der Waals surface area contributed by atoms with Crippen molar-refractivity contribution < 1.29 is 9.84 Å². The summed E-state index contributed by atoms with van der Waals surface area (Å²) >= 11 is 0. The van der Waals surface area contributed by atoms with Crippen molar-refractivity contribution >= 4 is 5.69 Å². The molecule has 30 heavy (non-hydrogen) atoms. The van der Waals surface area contributed by atoms with E-state index in [2.05, 4.69) is 48.4 Å². The summed E-state index contributed by atoms with van der Waals surface area (Å²) in [5.41, 5.74) is 3.85. The van der Waals surface area contributed by atoms with Crippen LogP contribution in [0.4, 0.5) is 5.69 Å². The Balaban J connectivity index is 1.20. The molecule has 4 heteroatoms. The van der Waals surface area contributed by atoms with Crippen LogP contribution in [-0.4, -0.2) is 29.3 Å². The van der Waals surface area contributed by atoms with Crippen LogP contribution in [0.25, 0.3) is 0 Å². The third-order valence-electron chi connectivity index (χ3n) is 7.76. The summed E-state index contributed by atoms with van der Waals surface area (Å²) in [7, 11) is 0. The highest BCUT2D eigenvalue weighted by Gasteiger charge is 2.60. The molecule has 6 rings (SSSR count). The quantitative estimate of drug-likeness (QED) is 0.665. The number of ether oxygens (including phenoxy) is 1. The minimum atomic E-state index is -0.569. The zero-order chi connectivity index (χ0) is 20.8. The Hall–Kier alpha value is -2.07. The molecule has 0 aliphatic heterocycles. The average molecular weight is 407 g/mol. The Bertz CT molecular complexity index is 864. The lowest BCUT2D eigenvalue weighted by Crippen LogP contribution is -2.56. The number of aliphatic hydroxyl groups is 1. The fourth-order valence-corrected chi connectivity index (χ4v) is 7.63. The highest BCUT2D eigenvalue weighted by molar-refractivity contribution is 5.40. The fourth-order valence-electron chi connectivity index (χ4n) is 7.63. The van der Waals surface area contributed by atoms with E-state index in [0.29, 0.717) is 22.8 Å². The van der Waals surface area contributed by atoms with Crippen LogP contribution in [0, 0.1) is 16.7 Å². The van der Waals surface area contributed by atoms with Gasteiger partial charge >= 0.3 is 0 Å². The predicted molar refractivity (Wildman–Crippen MR) is 120 cm³/mol. The smallest absolute Gasteiger partial charge is 0.119 e. The molecule has 0 saturated heterocycles. The Morgan fingerprint density at radius 1 is 1.00 bits per heavy atom. The Morgan fingerprint density at radius 2 is 1.67 bits per heavy atom. The van der Waals surface area contributed by atoms with Gasteiger partial charge in [0.05, 0.1) is 0 Å². The first-order valence-electron chi connectivity index (χ1n) is 11.4. The fraction of sp³-hybridized carbons (Fsp3) is 0.577. The number of nitrogens with one attached hydrogen (secondary N) is 1. The van der Waals surface area contributed by atoms with Crippen molar-refractivity contribution in [1.29, 1.82) is 0 Å². The first-order valence-corrected chi connectivity index (χ1v) is 11.4. The van der Waals surface area contributed by atoms with E-state index in [1.165, 1.54) is 44.1 Å². The number of aromatic nitrogens is 1.